The smallest absolute Gasteiger partial charge is 0.407 e. The van der Waals surface area contributed by atoms with Gasteiger partial charge >= 0.3 is 12.1 Å². The zero-order valence-corrected chi connectivity index (χ0v) is 19.8. The summed E-state index contributed by atoms with van der Waals surface area (Å²) in [5.41, 5.74) is 3.05. The topological polar surface area (TPSA) is 95.9 Å². The monoisotopic (exact) mass is 474 g/mol. The van der Waals surface area contributed by atoms with Crippen LogP contribution >= 0.6 is 0 Å². The predicted octanol–water partition coefficient (Wildman–Crippen LogP) is 4.16. The van der Waals surface area contributed by atoms with Crippen LogP contribution in [0.1, 0.15) is 56.1 Å². The molecule has 0 aromatic heterocycles. The fraction of sp³-hybridized carbons (Fsp3) is 0.464. The Kier molecular flexibility index (Phi) is 4.95. The highest BCUT2D eigenvalue weighted by atomic mass is 16.5. The molecule has 0 radical (unpaired) electrons. The molecule has 3 fully saturated rings. The predicted molar refractivity (Wildman–Crippen MR) is 129 cm³/mol. The third-order valence-corrected chi connectivity index (χ3v) is 8.85. The molecule has 1 saturated heterocycles. The standard InChI is InChI=1S/C28H30N2O5/c1-27(25(32)33)11-6-12-30(27)24(31)28-14-17(28)13-18(15-28)29-26(34)35-16-23-21-9-4-2-7-19(21)20-8-3-5-10-22(20)23/h2-5,7-10,17-18,23H,6,11-16H2,1H3,(H,29,34)(H,32,33)/t17-,18+,27-,28+/m0/s1. The van der Waals surface area contributed by atoms with Crippen LogP contribution in [0.2, 0.25) is 0 Å². The first kappa shape index (κ1) is 22.1. The summed E-state index contributed by atoms with van der Waals surface area (Å²) in [4.78, 5) is 39.6. The molecule has 7 nitrogen and oxygen atoms in total. The molecule has 2 saturated carbocycles. The first-order chi connectivity index (χ1) is 16.8. The van der Waals surface area contributed by atoms with Crippen molar-refractivity contribution in [1.82, 2.24) is 10.2 Å². The lowest BCUT2D eigenvalue weighted by Gasteiger charge is -2.34. The Hall–Kier alpha value is -3.35. The Balaban J connectivity index is 1.08. The van der Waals surface area contributed by atoms with E-state index in [1.54, 1.807) is 11.8 Å². The molecular weight excluding hydrogens is 444 g/mol. The fourth-order valence-electron chi connectivity index (χ4n) is 6.85. The molecule has 7 heteroatoms. The molecule has 4 aliphatic rings. The lowest BCUT2D eigenvalue weighted by atomic mass is 9.94. The molecular formula is C28H30N2O5. The number of amides is 2. The third-order valence-electron chi connectivity index (χ3n) is 8.85. The van der Waals surface area contributed by atoms with Gasteiger partial charge < -0.3 is 20.1 Å². The van der Waals surface area contributed by atoms with Crippen molar-refractivity contribution in [2.24, 2.45) is 11.3 Å². The summed E-state index contributed by atoms with van der Waals surface area (Å²) in [5.74, 6) is -0.792. The van der Waals surface area contributed by atoms with Crippen LogP contribution in [0, 0.1) is 11.3 Å². The number of carbonyl (C=O) groups excluding carboxylic acids is 2. The second-order valence-corrected chi connectivity index (χ2v) is 10.8. The summed E-state index contributed by atoms with van der Waals surface area (Å²) in [6.07, 6.45) is 2.78. The van der Waals surface area contributed by atoms with Gasteiger partial charge in [0.2, 0.25) is 5.91 Å². The Morgan fingerprint density at radius 2 is 1.71 bits per heavy atom. The molecule has 0 bridgehead atoms. The Bertz CT molecular complexity index is 1180. The van der Waals surface area contributed by atoms with Crippen molar-refractivity contribution in [2.75, 3.05) is 13.2 Å². The van der Waals surface area contributed by atoms with Gasteiger partial charge in [-0.15, -0.1) is 0 Å². The van der Waals surface area contributed by atoms with Crippen LogP contribution in [0.15, 0.2) is 48.5 Å². The zero-order chi connectivity index (χ0) is 24.4. The van der Waals surface area contributed by atoms with E-state index in [0.29, 0.717) is 25.8 Å². The van der Waals surface area contributed by atoms with E-state index in [0.717, 1.165) is 12.8 Å². The normalized spacial score (nSPS) is 30.4. The maximum Gasteiger partial charge on any atom is 0.407 e. The molecule has 182 valence electrons. The molecule has 1 aliphatic heterocycles. The Morgan fingerprint density at radius 1 is 1.06 bits per heavy atom. The number of carboxylic acids is 1. The molecule has 2 N–H and O–H groups in total. The molecule has 0 spiro atoms. The molecule has 3 aliphatic carbocycles. The average Bonchev–Trinajstić information content (AvgIpc) is 3.13. The van der Waals surface area contributed by atoms with Crippen molar-refractivity contribution >= 4 is 18.0 Å². The van der Waals surface area contributed by atoms with E-state index < -0.39 is 23.0 Å². The van der Waals surface area contributed by atoms with Crippen LogP contribution in [0.25, 0.3) is 11.1 Å². The SMILES string of the molecule is C[C@@]1(C(=O)O)CCCN1C(=O)[C@]12C[C@H](NC(=O)OCC3c4ccccc4-c4ccccc43)C[C@H]1C2. The van der Waals surface area contributed by atoms with E-state index in [2.05, 4.69) is 29.6 Å². The summed E-state index contributed by atoms with van der Waals surface area (Å²) in [7, 11) is 0. The second kappa shape index (κ2) is 7.83. The highest BCUT2D eigenvalue weighted by Crippen LogP contribution is 2.65. The van der Waals surface area contributed by atoms with Gasteiger partial charge in [-0.3, -0.25) is 4.79 Å². The van der Waals surface area contributed by atoms with Gasteiger partial charge in [0.1, 0.15) is 12.1 Å². The second-order valence-electron chi connectivity index (χ2n) is 10.8. The molecule has 0 unspecified atom stereocenters. The number of rotatable bonds is 5. The number of carbonyl (C=O) groups is 3. The number of nitrogens with zero attached hydrogens (tertiary/aromatic N) is 1. The minimum absolute atomic E-state index is 0.00177. The van der Waals surface area contributed by atoms with E-state index >= 15 is 0 Å². The van der Waals surface area contributed by atoms with Crippen LogP contribution in [-0.4, -0.2) is 52.7 Å². The van der Waals surface area contributed by atoms with E-state index in [9.17, 15) is 19.5 Å². The number of fused-ring (bicyclic) bond motifs is 4. The van der Waals surface area contributed by atoms with E-state index in [4.69, 9.17) is 4.74 Å². The molecule has 2 amide bonds. The van der Waals surface area contributed by atoms with Gasteiger partial charge in [0, 0.05) is 18.5 Å². The average molecular weight is 475 g/mol. The van der Waals surface area contributed by atoms with Gasteiger partial charge in [-0.05, 0) is 67.2 Å². The van der Waals surface area contributed by atoms with Crippen LogP contribution < -0.4 is 5.32 Å². The van der Waals surface area contributed by atoms with Crippen molar-refractivity contribution in [3.8, 4) is 11.1 Å². The number of benzene rings is 2. The van der Waals surface area contributed by atoms with Crippen molar-refractivity contribution in [1.29, 1.82) is 0 Å². The maximum absolute atomic E-state index is 13.4. The zero-order valence-electron chi connectivity index (χ0n) is 19.8. The van der Waals surface area contributed by atoms with Crippen molar-refractivity contribution < 1.29 is 24.2 Å². The number of nitrogens with one attached hydrogen (secondary N) is 1. The van der Waals surface area contributed by atoms with Gasteiger partial charge in [-0.2, -0.15) is 0 Å². The fourth-order valence-corrected chi connectivity index (χ4v) is 6.85. The third kappa shape index (κ3) is 3.35. The van der Waals surface area contributed by atoms with E-state index in [-0.39, 0.29) is 30.4 Å². The summed E-state index contributed by atoms with van der Waals surface area (Å²) >= 11 is 0. The molecule has 2 aromatic carbocycles. The minimum Gasteiger partial charge on any atom is -0.480 e. The van der Waals surface area contributed by atoms with Crippen LogP contribution in [0.5, 0.6) is 0 Å². The number of alkyl carbamates (subject to hydrolysis) is 1. The molecule has 6 rings (SSSR count). The first-order valence-electron chi connectivity index (χ1n) is 12.5. The van der Waals surface area contributed by atoms with Crippen molar-refractivity contribution in [2.45, 2.75) is 56.5 Å². The highest BCUT2D eigenvalue weighted by Gasteiger charge is 2.67. The lowest BCUT2D eigenvalue weighted by Crippen LogP contribution is -2.53. The number of aliphatic carboxylic acids is 1. The number of hydrogen-bond donors (Lipinski definition) is 2. The first-order valence-corrected chi connectivity index (χ1v) is 12.5. The summed E-state index contributed by atoms with van der Waals surface area (Å²) in [5, 5.41) is 12.7. The van der Waals surface area contributed by atoms with Gasteiger partial charge in [0.05, 0.1) is 5.41 Å². The number of likely N-dealkylation sites (tertiary alicyclic amines) is 1. The van der Waals surface area contributed by atoms with Crippen molar-refractivity contribution in [3.05, 3.63) is 59.7 Å². The number of hydrogen-bond acceptors (Lipinski definition) is 4. The van der Waals surface area contributed by atoms with E-state index in [1.807, 2.05) is 24.3 Å². The quantitative estimate of drug-likeness (QED) is 0.679. The summed E-state index contributed by atoms with van der Waals surface area (Å²) in [6, 6.07) is 16.3. The molecule has 2 aromatic rings. The van der Waals surface area contributed by atoms with Gasteiger partial charge in [0.15, 0.2) is 0 Å². The van der Waals surface area contributed by atoms with E-state index in [1.165, 1.54) is 22.3 Å². The maximum atomic E-state index is 13.4. The minimum atomic E-state index is -1.13. The summed E-state index contributed by atoms with van der Waals surface area (Å²) < 4.78 is 5.69. The largest absolute Gasteiger partial charge is 0.480 e. The van der Waals surface area contributed by atoms with Gasteiger partial charge in [0.25, 0.3) is 0 Å². The Labute approximate surface area is 204 Å². The molecule has 1 heterocycles. The van der Waals surface area contributed by atoms with Gasteiger partial charge in [-0.1, -0.05) is 48.5 Å². The highest BCUT2D eigenvalue weighted by molar-refractivity contribution is 5.93. The van der Waals surface area contributed by atoms with Crippen LogP contribution in [-0.2, 0) is 14.3 Å². The molecule has 4 atom stereocenters. The molecule has 35 heavy (non-hydrogen) atoms. The Morgan fingerprint density at radius 3 is 2.37 bits per heavy atom. The summed E-state index contributed by atoms with van der Waals surface area (Å²) in [6.45, 7) is 2.39. The van der Waals surface area contributed by atoms with Crippen LogP contribution in [0.4, 0.5) is 4.79 Å². The lowest BCUT2D eigenvalue weighted by molar-refractivity contribution is -0.157. The van der Waals surface area contributed by atoms with Crippen LogP contribution in [0.3, 0.4) is 0 Å². The number of carboxylic acid groups (broad SMARTS) is 1. The van der Waals surface area contributed by atoms with Gasteiger partial charge in [-0.25, -0.2) is 9.59 Å². The number of ether oxygens (including phenoxy) is 1. The van der Waals surface area contributed by atoms with Crippen molar-refractivity contribution in [3.63, 3.8) is 0 Å².